The zero-order chi connectivity index (χ0) is 35.3. The fraction of sp³-hybridized carbons (Fsp3) is 0. The second kappa shape index (κ2) is 11.1. The molecule has 0 fully saturated rings. The lowest BCUT2D eigenvalue weighted by Gasteiger charge is -2.27. The maximum Gasteiger partial charge on any atom is 0.143 e. The molecule has 0 saturated heterocycles. The van der Waals surface area contributed by atoms with E-state index in [1.165, 1.54) is 5.39 Å². The molecule has 0 aliphatic heterocycles. The molecule has 0 amide bonds. The highest BCUT2D eigenvalue weighted by Gasteiger charge is 2.24. The van der Waals surface area contributed by atoms with Crippen molar-refractivity contribution in [3.63, 3.8) is 0 Å². The van der Waals surface area contributed by atoms with Crippen LogP contribution >= 0.6 is 0 Å². The van der Waals surface area contributed by atoms with Crippen molar-refractivity contribution in [3.05, 3.63) is 176 Å². The van der Waals surface area contributed by atoms with Gasteiger partial charge in [-0.25, -0.2) is 0 Å². The van der Waals surface area contributed by atoms with Gasteiger partial charge in [0, 0.05) is 43.6 Å². The highest BCUT2D eigenvalue weighted by molar-refractivity contribution is 6.22. The summed E-state index contributed by atoms with van der Waals surface area (Å²) in [6, 6.07) is 61.8. The topological polar surface area (TPSA) is 42.7 Å². The zero-order valence-electron chi connectivity index (χ0n) is 28.9. The Morgan fingerprint density at radius 3 is 1.59 bits per heavy atom. The van der Waals surface area contributed by atoms with Gasteiger partial charge in [0.1, 0.15) is 33.5 Å². The van der Waals surface area contributed by atoms with Gasteiger partial charge in [0.15, 0.2) is 0 Å². The first-order chi connectivity index (χ1) is 26.8. The third-order valence-corrected chi connectivity index (χ3v) is 11.1. The van der Waals surface area contributed by atoms with Gasteiger partial charge in [-0.15, -0.1) is 0 Å². The van der Waals surface area contributed by atoms with Gasteiger partial charge in [-0.2, -0.15) is 0 Å². The summed E-state index contributed by atoms with van der Waals surface area (Å²) in [6.07, 6.45) is 0. The van der Waals surface area contributed by atoms with Crippen LogP contribution < -0.4 is 4.90 Å². The van der Waals surface area contributed by atoms with Crippen LogP contribution in [0.1, 0.15) is 0 Å². The van der Waals surface area contributed by atoms with Crippen LogP contribution in [0.25, 0.3) is 98.5 Å². The number of hydrogen-bond acceptors (Lipinski definition) is 4. The Morgan fingerprint density at radius 1 is 0.315 bits per heavy atom. The van der Waals surface area contributed by atoms with E-state index < -0.39 is 0 Å². The Balaban J connectivity index is 1.10. The summed E-state index contributed by atoms with van der Waals surface area (Å²) < 4.78 is 19.8. The van der Waals surface area contributed by atoms with E-state index in [2.05, 4.69) is 169 Å². The molecular weight excluding hydrogens is 663 g/mol. The van der Waals surface area contributed by atoms with E-state index in [9.17, 15) is 0 Å². The van der Waals surface area contributed by atoms with Gasteiger partial charge in [0.25, 0.3) is 0 Å². The Kier molecular flexibility index (Phi) is 6.02. The maximum absolute atomic E-state index is 6.73. The lowest BCUT2D eigenvalue weighted by molar-refractivity contribution is 0.669. The summed E-state index contributed by atoms with van der Waals surface area (Å²) in [5.74, 6) is 0. The van der Waals surface area contributed by atoms with Crippen LogP contribution in [0, 0.1) is 0 Å². The molecule has 4 nitrogen and oxygen atoms in total. The van der Waals surface area contributed by atoms with Crippen molar-refractivity contribution in [2.24, 2.45) is 0 Å². The van der Waals surface area contributed by atoms with Gasteiger partial charge >= 0.3 is 0 Å². The molecule has 0 aliphatic rings. The molecule has 12 rings (SSSR count). The summed E-state index contributed by atoms with van der Waals surface area (Å²) >= 11 is 0. The Hall–Kier alpha value is -7.30. The van der Waals surface area contributed by atoms with Crippen LogP contribution in [0.3, 0.4) is 0 Å². The van der Waals surface area contributed by atoms with Crippen molar-refractivity contribution in [2.75, 3.05) is 4.90 Å². The highest BCUT2D eigenvalue weighted by Crippen LogP contribution is 2.48. The lowest BCUT2D eigenvalue weighted by Crippen LogP contribution is -2.10. The van der Waals surface area contributed by atoms with Crippen molar-refractivity contribution >= 4 is 104 Å². The van der Waals surface area contributed by atoms with Gasteiger partial charge in [0.2, 0.25) is 0 Å². The van der Waals surface area contributed by atoms with E-state index in [0.717, 1.165) is 110 Å². The molecule has 0 N–H and O–H groups in total. The van der Waals surface area contributed by atoms with E-state index >= 15 is 0 Å². The summed E-state index contributed by atoms with van der Waals surface area (Å²) in [4.78, 5) is 2.36. The van der Waals surface area contributed by atoms with Gasteiger partial charge in [-0.1, -0.05) is 121 Å². The van der Waals surface area contributed by atoms with E-state index in [4.69, 9.17) is 13.3 Å². The Bertz CT molecular complexity index is 3450. The number of hydrogen-bond donors (Lipinski definition) is 0. The molecule has 0 radical (unpaired) electrons. The van der Waals surface area contributed by atoms with E-state index in [1.54, 1.807) is 0 Å². The molecule has 3 aromatic heterocycles. The fourth-order valence-electron chi connectivity index (χ4n) is 8.62. The normalized spacial score (nSPS) is 12.1. The average Bonchev–Trinajstić information content (AvgIpc) is 3.93. The monoisotopic (exact) mass is 691 g/mol. The van der Waals surface area contributed by atoms with Crippen molar-refractivity contribution in [2.45, 2.75) is 0 Å². The molecule has 9 aromatic carbocycles. The molecule has 0 bridgehead atoms. The van der Waals surface area contributed by atoms with Crippen molar-refractivity contribution in [1.82, 2.24) is 0 Å². The van der Waals surface area contributed by atoms with Crippen molar-refractivity contribution < 1.29 is 13.3 Å². The summed E-state index contributed by atoms with van der Waals surface area (Å²) in [5.41, 5.74) is 10.5. The second-order valence-electron chi connectivity index (χ2n) is 14.0. The van der Waals surface area contributed by atoms with Crippen LogP contribution in [-0.2, 0) is 0 Å². The first kappa shape index (κ1) is 29.3. The molecule has 0 spiro atoms. The molecular formula is C50H29NO3. The second-order valence-corrected chi connectivity index (χ2v) is 14.0. The predicted octanol–water partition coefficient (Wildman–Crippen LogP) is 14.8. The molecule has 0 saturated carbocycles. The Morgan fingerprint density at radius 2 is 0.852 bits per heavy atom. The van der Waals surface area contributed by atoms with Gasteiger partial charge in [-0.3, -0.25) is 0 Å². The number of benzene rings is 9. The number of anilines is 3. The predicted molar refractivity (Wildman–Crippen MR) is 223 cm³/mol. The SMILES string of the molecule is c1ccc2c(c1)ccc1c3cccc(-c4ccc(N(c5cccc6oc7ccccc7c56)c5cccc6oc7c8ccccc8ccc7c56)cc4)c3oc21. The van der Waals surface area contributed by atoms with Crippen molar-refractivity contribution in [1.29, 1.82) is 0 Å². The fourth-order valence-corrected chi connectivity index (χ4v) is 8.62. The molecule has 4 heteroatoms. The number of nitrogens with zero attached hydrogens (tertiary/aromatic N) is 1. The highest BCUT2D eigenvalue weighted by atomic mass is 16.3. The first-order valence-electron chi connectivity index (χ1n) is 18.3. The molecule has 252 valence electrons. The van der Waals surface area contributed by atoms with Gasteiger partial charge in [-0.05, 0) is 70.9 Å². The molecule has 0 aliphatic carbocycles. The zero-order valence-corrected chi connectivity index (χ0v) is 28.9. The minimum Gasteiger partial charge on any atom is -0.456 e. The van der Waals surface area contributed by atoms with Crippen LogP contribution in [0.15, 0.2) is 189 Å². The summed E-state index contributed by atoms with van der Waals surface area (Å²) in [7, 11) is 0. The van der Waals surface area contributed by atoms with Crippen LogP contribution in [0.2, 0.25) is 0 Å². The number of furan rings is 3. The molecule has 54 heavy (non-hydrogen) atoms. The van der Waals surface area contributed by atoms with Gasteiger partial charge in [0.05, 0.1) is 22.1 Å². The third kappa shape index (κ3) is 4.13. The minimum atomic E-state index is 0.841. The van der Waals surface area contributed by atoms with Crippen LogP contribution in [-0.4, -0.2) is 0 Å². The summed E-state index contributed by atoms with van der Waals surface area (Å²) in [5, 5.41) is 11.1. The van der Waals surface area contributed by atoms with Crippen LogP contribution in [0.5, 0.6) is 0 Å². The number of rotatable bonds is 4. The number of para-hydroxylation sites is 2. The Labute approximate surface area is 308 Å². The maximum atomic E-state index is 6.73. The first-order valence-corrected chi connectivity index (χ1v) is 18.3. The average molecular weight is 692 g/mol. The molecule has 0 atom stereocenters. The quantitative estimate of drug-likeness (QED) is 0.184. The number of fused-ring (bicyclic) bond motifs is 13. The molecule has 0 unspecified atom stereocenters. The largest absolute Gasteiger partial charge is 0.456 e. The van der Waals surface area contributed by atoms with Crippen LogP contribution in [0.4, 0.5) is 17.1 Å². The van der Waals surface area contributed by atoms with E-state index in [0.29, 0.717) is 0 Å². The van der Waals surface area contributed by atoms with E-state index in [-0.39, 0.29) is 0 Å². The van der Waals surface area contributed by atoms with Gasteiger partial charge < -0.3 is 18.2 Å². The molecule has 3 heterocycles. The third-order valence-electron chi connectivity index (χ3n) is 11.1. The standard InChI is InChI=1S/C50H29NO3/c1-3-12-34-30(10-1)24-28-38-37-16-7-15-36(48(37)54-49(34)38)32-22-26-33(27-23-32)51(41-17-8-20-44-46(41)39-14-5-6-19-43(39)52-44)42-18-9-21-45-47(42)40-29-25-31-11-2-4-13-35(31)50(40)53-45/h1-29H. The smallest absolute Gasteiger partial charge is 0.143 e. The van der Waals surface area contributed by atoms with E-state index in [1.807, 2.05) is 12.1 Å². The molecule has 12 aromatic rings. The lowest BCUT2D eigenvalue weighted by atomic mass is 10.00. The summed E-state index contributed by atoms with van der Waals surface area (Å²) in [6.45, 7) is 0. The minimum absolute atomic E-state index is 0.841. The van der Waals surface area contributed by atoms with Crippen molar-refractivity contribution in [3.8, 4) is 11.1 Å².